The maximum atomic E-state index is 12.3. The minimum absolute atomic E-state index is 0.00544. The van der Waals surface area contributed by atoms with Crippen molar-refractivity contribution in [3.63, 3.8) is 0 Å². The maximum Gasteiger partial charge on any atom is 0.238 e. The van der Waals surface area contributed by atoms with Crippen LogP contribution in [-0.2, 0) is 21.4 Å². The molecule has 0 saturated carbocycles. The third-order valence-corrected chi connectivity index (χ3v) is 5.87. The van der Waals surface area contributed by atoms with Crippen molar-refractivity contribution in [1.29, 1.82) is 0 Å². The molecule has 1 aromatic heterocycles. The Morgan fingerprint density at radius 1 is 1.32 bits per heavy atom. The van der Waals surface area contributed by atoms with E-state index < -0.39 is 10.0 Å². The van der Waals surface area contributed by atoms with Gasteiger partial charge in [0.25, 0.3) is 0 Å². The number of carbonyl (C=O) groups excluding carboxylic acids is 1. The second-order valence-corrected chi connectivity index (χ2v) is 8.91. The number of thiophene rings is 1. The summed E-state index contributed by atoms with van der Waals surface area (Å²) in [5.41, 5.74) is 0.931. The number of anilines is 1. The molecule has 1 aromatic carbocycles. The van der Waals surface area contributed by atoms with Crippen LogP contribution in [0.2, 0.25) is 4.34 Å². The van der Waals surface area contributed by atoms with Crippen molar-refractivity contribution in [2.75, 3.05) is 18.4 Å². The number of halogens is 1. The number of rotatable bonds is 7. The second kappa shape index (κ2) is 8.29. The van der Waals surface area contributed by atoms with Crippen molar-refractivity contribution in [3.05, 3.63) is 45.1 Å². The molecule has 0 radical (unpaired) electrons. The Labute approximate surface area is 156 Å². The molecule has 0 saturated heterocycles. The average Bonchev–Trinajstić information content (AvgIpc) is 2.92. The molecule has 2 rings (SSSR count). The first-order chi connectivity index (χ1) is 11.7. The summed E-state index contributed by atoms with van der Waals surface area (Å²) in [4.78, 5) is 15.3. The van der Waals surface area contributed by atoms with Crippen LogP contribution in [0.25, 0.3) is 0 Å². The number of benzene rings is 1. The van der Waals surface area contributed by atoms with Crippen molar-refractivity contribution in [2.24, 2.45) is 5.14 Å². The summed E-state index contributed by atoms with van der Waals surface area (Å²) in [6.07, 6.45) is 0. The average molecular weight is 402 g/mol. The lowest BCUT2D eigenvalue weighted by atomic mass is 10.2. The highest BCUT2D eigenvalue weighted by atomic mass is 35.5. The van der Waals surface area contributed by atoms with Gasteiger partial charge in [0.15, 0.2) is 0 Å². The minimum Gasteiger partial charge on any atom is -0.325 e. The van der Waals surface area contributed by atoms with Crippen LogP contribution in [0.5, 0.6) is 0 Å². The number of carbonyl (C=O) groups is 1. The fourth-order valence-corrected chi connectivity index (χ4v) is 4.26. The number of aryl methyl sites for hydroxylation is 1. The molecule has 0 aliphatic heterocycles. The molecule has 1 heterocycles. The van der Waals surface area contributed by atoms with E-state index in [4.69, 9.17) is 16.7 Å². The Balaban J connectivity index is 2.03. The zero-order valence-electron chi connectivity index (χ0n) is 14.0. The monoisotopic (exact) mass is 401 g/mol. The van der Waals surface area contributed by atoms with Crippen LogP contribution in [0.3, 0.4) is 0 Å². The molecular formula is C16H20ClN3O3S2. The van der Waals surface area contributed by atoms with Crippen LogP contribution in [0.4, 0.5) is 5.69 Å². The molecule has 0 spiro atoms. The van der Waals surface area contributed by atoms with Gasteiger partial charge in [-0.25, -0.2) is 13.6 Å². The van der Waals surface area contributed by atoms with Crippen LogP contribution >= 0.6 is 22.9 Å². The molecule has 9 heteroatoms. The summed E-state index contributed by atoms with van der Waals surface area (Å²) >= 11 is 7.41. The van der Waals surface area contributed by atoms with E-state index in [1.807, 2.05) is 24.0 Å². The second-order valence-electron chi connectivity index (χ2n) is 5.58. The Hall–Kier alpha value is -1.45. The molecule has 0 atom stereocenters. The smallest absolute Gasteiger partial charge is 0.238 e. The standard InChI is InChI=1S/C16H20ClN3O3S2/c1-3-20(9-13-6-7-15(17)24-13)10-16(21)19-12-5-4-11(2)14(8-12)25(18,22)23/h4-8H,3,9-10H2,1-2H3,(H,19,21)(H2,18,22,23). The molecular weight excluding hydrogens is 382 g/mol. The normalized spacial score (nSPS) is 11.7. The van der Waals surface area contributed by atoms with Gasteiger partial charge in [-0.2, -0.15) is 0 Å². The number of nitrogens with one attached hydrogen (secondary N) is 1. The third-order valence-electron chi connectivity index (χ3n) is 3.60. The SMILES string of the molecule is CCN(CC(=O)Nc1ccc(C)c(S(N)(=O)=O)c1)Cc1ccc(Cl)s1. The third kappa shape index (κ3) is 5.79. The summed E-state index contributed by atoms with van der Waals surface area (Å²) < 4.78 is 23.9. The number of primary sulfonamides is 1. The van der Waals surface area contributed by atoms with Gasteiger partial charge in [-0.05, 0) is 43.3 Å². The van der Waals surface area contributed by atoms with Crippen LogP contribution in [0.15, 0.2) is 35.2 Å². The molecule has 136 valence electrons. The van der Waals surface area contributed by atoms with E-state index in [1.165, 1.54) is 17.4 Å². The number of nitrogens with two attached hydrogens (primary N) is 1. The largest absolute Gasteiger partial charge is 0.325 e. The molecule has 0 bridgehead atoms. The lowest BCUT2D eigenvalue weighted by molar-refractivity contribution is -0.117. The topological polar surface area (TPSA) is 92.5 Å². The molecule has 6 nitrogen and oxygen atoms in total. The summed E-state index contributed by atoms with van der Waals surface area (Å²) in [5.74, 6) is -0.228. The molecule has 2 aromatic rings. The zero-order chi connectivity index (χ0) is 18.6. The lowest BCUT2D eigenvalue weighted by Crippen LogP contribution is -2.32. The lowest BCUT2D eigenvalue weighted by Gasteiger charge is -2.19. The molecule has 25 heavy (non-hydrogen) atoms. The Morgan fingerprint density at radius 2 is 2.04 bits per heavy atom. The fourth-order valence-electron chi connectivity index (χ4n) is 2.32. The predicted molar refractivity (Wildman–Crippen MR) is 101 cm³/mol. The first-order valence-corrected chi connectivity index (χ1v) is 10.3. The number of hydrogen-bond acceptors (Lipinski definition) is 5. The Morgan fingerprint density at radius 3 is 2.60 bits per heavy atom. The number of sulfonamides is 1. The van der Waals surface area contributed by atoms with Gasteiger partial charge in [-0.15, -0.1) is 11.3 Å². The molecule has 1 amide bonds. The van der Waals surface area contributed by atoms with Crippen LogP contribution in [0.1, 0.15) is 17.4 Å². The van der Waals surface area contributed by atoms with E-state index in [0.717, 1.165) is 4.88 Å². The van der Waals surface area contributed by atoms with Gasteiger partial charge in [0.05, 0.1) is 15.8 Å². The van der Waals surface area contributed by atoms with Crippen LogP contribution < -0.4 is 10.5 Å². The summed E-state index contributed by atoms with van der Waals surface area (Å²) in [6.45, 7) is 5.12. The molecule has 3 N–H and O–H groups in total. The van der Waals surface area contributed by atoms with Crippen molar-refractivity contribution in [2.45, 2.75) is 25.3 Å². The van der Waals surface area contributed by atoms with Crippen LogP contribution in [0, 0.1) is 6.92 Å². The van der Waals surface area contributed by atoms with Gasteiger partial charge >= 0.3 is 0 Å². The van der Waals surface area contributed by atoms with Crippen molar-refractivity contribution < 1.29 is 13.2 Å². The number of hydrogen-bond donors (Lipinski definition) is 2. The summed E-state index contributed by atoms with van der Waals surface area (Å²) in [7, 11) is -3.83. The Bertz CT molecular complexity index is 865. The van der Waals surface area contributed by atoms with E-state index in [2.05, 4.69) is 5.32 Å². The first kappa shape index (κ1) is 19.9. The number of likely N-dealkylation sites (N-methyl/N-ethyl adjacent to an activating group) is 1. The van der Waals surface area contributed by atoms with E-state index in [0.29, 0.717) is 28.7 Å². The van der Waals surface area contributed by atoms with E-state index in [9.17, 15) is 13.2 Å². The van der Waals surface area contributed by atoms with E-state index >= 15 is 0 Å². The van der Waals surface area contributed by atoms with Gasteiger partial charge in [-0.3, -0.25) is 9.69 Å². The van der Waals surface area contributed by atoms with Crippen molar-refractivity contribution in [1.82, 2.24) is 4.90 Å². The highest BCUT2D eigenvalue weighted by Gasteiger charge is 2.15. The highest BCUT2D eigenvalue weighted by Crippen LogP contribution is 2.23. The number of nitrogens with zero attached hydrogens (tertiary/aromatic N) is 1. The zero-order valence-corrected chi connectivity index (χ0v) is 16.3. The summed E-state index contributed by atoms with van der Waals surface area (Å²) in [6, 6.07) is 8.40. The molecule has 0 fully saturated rings. The van der Waals surface area contributed by atoms with E-state index in [1.54, 1.807) is 19.1 Å². The van der Waals surface area contributed by atoms with Crippen molar-refractivity contribution in [3.8, 4) is 0 Å². The van der Waals surface area contributed by atoms with Gasteiger partial charge in [0.2, 0.25) is 15.9 Å². The fraction of sp³-hybridized carbons (Fsp3) is 0.312. The van der Waals surface area contributed by atoms with Gasteiger partial charge in [0.1, 0.15) is 0 Å². The Kier molecular flexibility index (Phi) is 6.59. The molecule has 0 unspecified atom stereocenters. The highest BCUT2D eigenvalue weighted by molar-refractivity contribution is 7.89. The van der Waals surface area contributed by atoms with E-state index in [-0.39, 0.29) is 17.3 Å². The van der Waals surface area contributed by atoms with Crippen LogP contribution in [-0.4, -0.2) is 32.3 Å². The maximum absolute atomic E-state index is 12.3. The number of amides is 1. The predicted octanol–water partition coefficient (Wildman–Crippen LogP) is 2.82. The van der Waals surface area contributed by atoms with Gasteiger partial charge < -0.3 is 5.32 Å². The van der Waals surface area contributed by atoms with Gasteiger partial charge in [0, 0.05) is 17.1 Å². The van der Waals surface area contributed by atoms with Crippen molar-refractivity contribution >= 4 is 44.6 Å². The molecule has 0 aliphatic rings. The molecule has 0 aliphatic carbocycles. The quantitative estimate of drug-likeness (QED) is 0.746. The minimum atomic E-state index is -3.83. The first-order valence-electron chi connectivity index (χ1n) is 7.59. The van der Waals surface area contributed by atoms with Gasteiger partial charge in [-0.1, -0.05) is 24.6 Å². The summed E-state index contributed by atoms with van der Waals surface area (Å²) in [5, 5.41) is 7.90.